The van der Waals surface area contributed by atoms with E-state index in [4.69, 9.17) is 39.5 Å². The number of carbonyl (C=O) groups is 1. The van der Waals surface area contributed by atoms with E-state index in [1.807, 2.05) is 12.1 Å². The molecule has 1 amide bonds. The third-order valence-corrected chi connectivity index (χ3v) is 6.96. The Morgan fingerprint density at radius 1 is 1.14 bits per heavy atom. The predicted octanol–water partition coefficient (Wildman–Crippen LogP) is 6.59. The van der Waals surface area contributed by atoms with E-state index in [0.717, 1.165) is 11.3 Å². The van der Waals surface area contributed by atoms with Gasteiger partial charge in [0.25, 0.3) is 5.91 Å². The van der Waals surface area contributed by atoms with Crippen molar-refractivity contribution in [3.63, 3.8) is 0 Å². The molecule has 1 aliphatic rings. The summed E-state index contributed by atoms with van der Waals surface area (Å²) in [6.45, 7) is 1.39. The van der Waals surface area contributed by atoms with Crippen molar-refractivity contribution in [3.05, 3.63) is 92.2 Å². The Bertz CT molecular complexity index is 1310. The fraction of sp³-hybridized carbons (Fsp3) is 0.231. The molecule has 0 N–H and O–H groups in total. The summed E-state index contributed by atoms with van der Waals surface area (Å²) in [7, 11) is 1.36. The normalized spacial score (nSPS) is 15.1. The maximum Gasteiger partial charge on any atom is 0.254 e. The topological polar surface area (TPSA) is 56.6 Å². The minimum absolute atomic E-state index is 0.0241. The summed E-state index contributed by atoms with van der Waals surface area (Å²) >= 11 is 19.0. The van der Waals surface area contributed by atoms with E-state index in [1.54, 1.807) is 29.2 Å². The molecule has 1 saturated heterocycles. The summed E-state index contributed by atoms with van der Waals surface area (Å²) in [5.41, 5.74) is 2.36. The van der Waals surface area contributed by atoms with Gasteiger partial charge in [-0.2, -0.15) is 5.26 Å². The van der Waals surface area contributed by atoms with Crippen LogP contribution in [0.15, 0.2) is 54.6 Å². The predicted molar refractivity (Wildman–Crippen MR) is 136 cm³/mol. The number of benzene rings is 3. The zero-order chi connectivity index (χ0) is 25.1. The monoisotopic (exact) mass is 531 g/mol. The summed E-state index contributed by atoms with van der Waals surface area (Å²) in [6.07, 6.45) is 0.694. The van der Waals surface area contributed by atoms with Gasteiger partial charge in [0, 0.05) is 47.0 Å². The van der Waals surface area contributed by atoms with E-state index in [0.29, 0.717) is 52.2 Å². The first kappa shape index (κ1) is 25.1. The average molecular weight is 533 g/mol. The number of hydrogen-bond acceptors (Lipinski definition) is 4. The second-order valence-corrected chi connectivity index (χ2v) is 9.43. The third kappa shape index (κ3) is 5.48. The first-order valence-electron chi connectivity index (χ1n) is 10.8. The maximum absolute atomic E-state index is 13.8. The lowest BCUT2D eigenvalue weighted by atomic mass is 10.1. The van der Waals surface area contributed by atoms with Crippen LogP contribution >= 0.6 is 34.8 Å². The van der Waals surface area contributed by atoms with E-state index in [1.165, 1.54) is 25.3 Å². The first-order chi connectivity index (χ1) is 16.8. The number of hydrogen-bond donors (Lipinski definition) is 0. The standard InChI is InChI=1S/C26H21Cl3FN3O2/c1-35-25-11-16(3-7-24(25)30)26(34)32-9-8-21(15-32)33(14-18-10-19(27)4-6-22(18)28)20-5-2-17(13-31)23(29)12-20/h2-7,10-12,21H,8-9,14-15H2,1H3/t21-/m0/s1. The van der Waals surface area contributed by atoms with Gasteiger partial charge in [0.15, 0.2) is 11.6 Å². The number of nitriles is 1. The molecule has 9 heteroatoms. The molecular formula is C26H21Cl3FN3O2. The molecule has 0 spiro atoms. The highest BCUT2D eigenvalue weighted by molar-refractivity contribution is 6.33. The molecule has 5 nitrogen and oxygen atoms in total. The van der Waals surface area contributed by atoms with Crippen molar-refractivity contribution in [1.82, 2.24) is 4.90 Å². The van der Waals surface area contributed by atoms with Crippen LogP contribution in [0.3, 0.4) is 0 Å². The molecule has 35 heavy (non-hydrogen) atoms. The number of amides is 1. The quantitative estimate of drug-likeness (QED) is 0.359. The average Bonchev–Trinajstić information content (AvgIpc) is 3.34. The van der Waals surface area contributed by atoms with Gasteiger partial charge in [-0.05, 0) is 66.6 Å². The van der Waals surface area contributed by atoms with E-state index >= 15 is 0 Å². The molecule has 4 rings (SSSR count). The van der Waals surface area contributed by atoms with Crippen LogP contribution in [-0.2, 0) is 6.54 Å². The number of rotatable bonds is 6. The van der Waals surface area contributed by atoms with Gasteiger partial charge in [-0.1, -0.05) is 34.8 Å². The molecule has 0 bridgehead atoms. The molecular weight excluding hydrogens is 512 g/mol. The van der Waals surface area contributed by atoms with E-state index in [9.17, 15) is 14.4 Å². The Balaban J connectivity index is 1.62. The zero-order valence-electron chi connectivity index (χ0n) is 18.8. The molecule has 1 heterocycles. The Morgan fingerprint density at radius 3 is 2.66 bits per heavy atom. The van der Waals surface area contributed by atoms with Gasteiger partial charge in [-0.15, -0.1) is 0 Å². The Hall–Kier alpha value is -2.98. The summed E-state index contributed by atoms with van der Waals surface area (Å²) in [5.74, 6) is -0.703. The number of ether oxygens (including phenoxy) is 1. The number of halogens is 4. The molecule has 3 aromatic carbocycles. The second-order valence-electron chi connectivity index (χ2n) is 8.18. The minimum atomic E-state index is -0.523. The smallest absolute Gasteiger partial charge is 0.254 e. The van der Waals surface area contributed by atoms with E-state index < -0.39 is 5.82 Å². The molecule has 0 saturated carbocycles. The van der Waals surface area contributed by atoms with Crippen molar-refractivity contribution in [2.75, 3.05) is 25.1 Å². The maximum atomic E-state index is 13.8. The lowest BCUT2D eigenvalue weighted by molar-refractivity contribution is 0.0790. The molecule has 0 radical (unpaired) electrons. The van der Waals surface area contributed by atoms with Crippen LogP contribution in [0, 0.1) is 17.1 Å². The SMILES string of the molecule is COc1cc(C(=O)N2CC[C@H](N(Cc3cc(Cl)ccc3Cl)c3ccc(C#N)c(Cl)c3)C2)ccc1F. The fourth-order valence-electron chi connectivity index (χ4n) is 4.21. The van der Waals surface area contributed by atoms with Crippen molar-refractivity contribution >= 4 is 46.4 Å². The van der Waals surface area contributed by atoms with Gasteiger partial charge < -0.3 is 14.5 Å². The van der Waals surface area contributed by atoms with Crippen LogP contribution < -0.4 is 9.64 Å². The highest BCUT2D eigenvalue weighted by Gasteiger charge is 2.32. The molecule has 3 aromatic rings. The Labute approximate surface area is 218 Å². The number of nitrogens with zero attached hydrogens (tertiary/aromatic N) is 3. The van der Waals surface area contributed by atoms with Crippen LogP contribution in [0.4, 0.5) is 10.1 Å². The molecule has 1 fully saturated rings. The number of anilines is 1. The van der Waals surface area contributed by atoms with Crippen LogP contribution in [0.2, 0.25) is 15.1 Å². The first-order valence-corrected chi connectivity index (χ1v) is 12.0. The molecule has 0 unspecified atom stereocenters. The fourth-order valence-corrected chi connectivity index (χ4v) is 4.80. The van der Waals surface area contributed by atoms with Gasteiger partial charge in [0.05, 0.1) is 17.7 Å². The summed E-state index contributed by atoms with van der Waals surface area (Å²) in [6, 6.07) is 16.6. The van der Waals surface area contributed by atoms with Crippen molar-refractivity contribution in [3.8, 4) is 11.8 Å². The van der Waals surface area contributed by atoms with Gasteiger partial charge in [0.2, 0.25) is 0 Å². The van der Waals surface area contributed by atoms with Crippen LogP contribution in [0.5, 0.6) is 5.75 Å². The van der Waals surface area contributed by atoms with Gasteiger partial charge >= 0.3 is 0 Å². The highest BCUT2D eigenvalue weighted by Crippen LogP contribution is 2.32. The molecule has 180 valence electrons. The lowest BCUT2D eigenvalue weighted by Gasteiger charge is -2.32. The van der Waals surface area contributed by atoms with Crippen molar-refractivity contribution < 1.29 is 13.9 Å². The number of likely N-dealkylation sites (tertiary alicyclic amines) is 1. The van der Waals surface area contributed by atoms with Crippen molar-refractivity contribution in [2.24, 2.45) is 0 Å². The lowest BCUT2D eigenvalue weighted by Crippen LogP contribution is -2.38. The molecule has 1 aliphatic heterocycles. The van der Waals surface area contributed by atoms with Crippen molar-refractivity contribution in [2.45, 2.75) is 19.0 Å². The zero-order valence-corrected chi connectivity index (χ0v) is 21.0. The number of methoxy groups -OCH3 is 1. The van der Waals surface area contributed by atoms with Gasteiger partial charge in [-0.3, -0.25) is 4.79 Å². The molecule has 1 atom stereocenters. The van der Waals surface area contributed by atoms with Crippen molar-refractivity contribution in [1.29, 1.82) is 5.26 Å². The second kappa shape index (κ2) is 10.7. The summed E-state index contributed by atoms with van der Waals surface area (Å²) < 4.78 is 18.8. The minimum Gasteiger partial charge on any atom is -0.494 e. The Morgan fingerprint density at radius 2 is 1.94 bits per heavy atom. The van der Waals surface area contributed by atoms with Gasteiger partial charge in [-0.25, -0.2) is 4.39 Å². The number of carbonyl (C=O) groups excluding carboxylic acids is 1. The van der Waals surface area contributed by atoms with Crippen LogP contribution in [-0.4, -0.2) is 37.0 Å². The highest BCUT2D eigenvalue weighted by atomic mass is 35.5. The molecule has 0 aliphatic carbocycles. The molecule has 0 aromatic heterocycles. The summed E-state index contributed by atoms with van der Waals surface area (Å²) in [5, 5.41) is 10.7. The van der Waals surface area contributed by atoms with Crippen LogP contribution in [0.1, 0.15) is 27.9 Å². The van der Waals surface area contributed by atoms with Gasteiger partial charge in [0.1, 0.15) is 6.07 Å². The summed E-state index contributed by atoms with van der Waals surface area (Å²) in [4.78, 5) is 17.0. The third-order valence-electron chi connectivity index (χ3n) is 6.04. The van der Waals surface area contributed by atoms with E-state index in [2.05, 4.69) is 11.0 Å². The largest absolute Gasteiger partial charge is 0.494 e. The Kier molecular flexibility index (Phi) is 7.71. The van der Waals surface area contributed by atoms with E-state index in [-0.39, 0.29) is 17.7 Å². The van der Waals surface area contributed by atoms with Crippen LogP contribution in [0.25, 0.3) is 0 Å².